The van der Waals surface area contributed by atoms with Gasteiger partial charge in [0.25, 0.3) is 0 Å². The van der Waals surface area contributed by atoms with Gasteiger partial charge in [-0.2, -0.15) is 0 Å². The summed E-state index contributed by atoms with van der Waals surface area (Å²) in [5.74, 6) is -0.288. The molecular formula is C10H9ClO2. The van der Waals surface area contributed by atoms with Crippen LogP contribution >= 0.6 is 11.6 Å². The minimum Gasteiger partial charge on any atom is -0.480 e. The number of hydrogen-bond acceptors (Lipinski definition) is 1. The first-order chi connectivity index (χ1) is 6.09. The second kappa shape index (κ2) is 4.19. The predicted octanol–water partition coefficient (Wildman–Crippen LogP) is 2.57. The van der Waals surface area contributed by atoms with Gasteiger partial charge in [0.1, 0.15) is 5.56 Å². The molecule has 0 aliphatic heterocycles. The molecule has 13 heavy (non-hydrogen) atoms. The van der Waals surface area contributed by atoms with E-state index in [1.807, 2.05) is 0 Å². The second-order valence-electron chi connectivity index (χ2n) is 2.68. The Hall–Kier alpha value is -1.15. The molecule has 0 atom stereocenters. The average Bonchev–Trinajstić information content (AvgIpc) is 2.04. The summed E-state index contributed by atoms with van der Waals surface area (Å²) in [7, 11) is 0. The van der Waals surface area contributed by atoms with E-state index in [2.05, 4.69) is 6.92 Å². The van der Waals surface area contributed by atoms with Crippen LogP contribution in [-0.2, 0) is 4.79 Å². The molecule has 0 radical (unpaired) electrons. The molecule has 1 aromatic carbocycles. The van der Waals surface area contributed by atoms with Crippen LogP contribution in [0.4, 0.5) is 0 Å². The van der Waals surface area contributed by atoms with Gasteiger partial charge in [0.2, 0.25) is 0 Å². The summed E-state index contributed by atoms with van der Waals surface area (Å²) in [4.78, 5) is 10.4. The summed E-state index contributed by atoms with van der Waals surface area (Å²) in [6.07, 6.45) is -0.0400. The van der Waals surface area contributed by atoms with Crippen molar-refractivity contribution < 1.29 is 9.90 Å². The largest absolute Gasteiger partial charge is 0.480 e. The number of aliphatic carboxylic acids is 1. The lowest BCUT2D eigenvalue weighted by molar-refractivity contribution is -0.136. The van der Waals surface area contributed by atoms with Gasteiger partial charge in [0.15, 0.2) is 0 Å². The molecule has 68 valence electrons. The van der Waals surface area contributed by atoms with Crippen molar-refractivity contribution in [3.05, 3.63) is 47.7 Å². The quantitative estimate of drug-likeness (QED) is 0.755. The molecule has 0 bridgehead atoms. The van der Waals surface area contributed by atoms with Gasteiger partial charge >= 0.3 is 5.97 Å². The maximum Gasteiger partial charge on any atom is 0.317 e. The monoisotopic (exact) mass is 196 g/mol. The van der Waals surface area contributed by atoms with Gasteiger partial charge in [-0.1, -0.05) is 11.6 Å². The van der Waals surface area contributed by atoms with Gasteiger partial charge in [0, 0.05) is 24.3 Å². The summed E-state index contributed by atoms with van der Waals surface area (Å²) in [5.41, 5.74) is 0.812. The molecule has 1 aromatic rings. The van der Waals surface area contributed by atoms with E-state index in [1.54, 1.807) is 24.3 Å². The van der Waals surface area contributed by atoms with Crippen molar-refractivity contribution in [1.82, 2.24) is 0 Å². The third kappa shape index (κ3) is 2.99. The van der Waals surface area contributed by atoms with E-state index in [1.165, 1.54) is 0 Å². The average molecular weight is 197 g/mol. The van der Waals surface area contributed by atoms with E-state index < -0.39 is 5.97 Å². The standard InChI is InChI=1S/C10H9ClO2/c1-7(6-10(12)13)8-2-4-9(11)5-3-8/h2-5H,1,6H2,(H,12,13). The van der Waals surface area contributed by atoms with Crippen LogP contribution in [0.2, 0.25) is 5.02 Å². The summed E-state index contributed by atoms with van der Waals surface area (Å²) in [5, 5.41) is 9.14. The van der Waals surface area contributed by atoms with Crippen molar-refractivity contribution in [3.63, 3.8) is 0 Å². The Balaban J connectivity index is 2.71. The number of carbonyl (C=O) groups is 1. The highest BCUT2D eigenvalue weighted by molar-refractivity contribution is 6.30. The lowest BCUT2D eigenvalue weighted by Crippen LogP contribution is -2.03. The number of halogens is 1. The predicted molar refractivity (Wildman–Crippen MR) is 51.4 cm³/mol. The summed E-state index contributed by atoms with van der Waals surface area (Å²) in [6.45, 7) is 3.67. The SMILES string of the molecule is [CH2-][C+](CC(=O)O)c1ccc(Cl)cc1. The first-order valence-electron chi connectivity index (χ1n) is 3.75. The Bertz CT molecular complexity index is 292. The Kier molecular flexibility index (Phi) is 3.20. The minimum atomic E-state index is -0.875. The third-order valence-electron chi connectivity index (χ3n) is 1.62. The number of carboxylic acid groups (broad SMARTS) is 1. The molecule has 2 nitrogen and oxygen atoms in total. The molecule has 0 amide bonds. The zero-order chi connectivity index (χ0) is 9.84. The van der Waals surface area contributed by atoms with E-state index in [0.29, 0.717) is 10.9 Å². The molecule has 0 aliphatic carbocycles. The molecule has 0 unspecified atom stereocenters. The van der Waals surface area contributed by atoms with E-state index in [9.17, 15) is 4.79 Å². The van der Waals surface area contributed by atoms with Crippen LogP contribution in [-0.4, -0.2) is 11.1 Å². The van der Waals surface area contributed by atoms with Crippen LogP contribution < -0.4 is 0 Å². The lowest BCUT2D eigenvalue weighted by Gasteiger charge is -2.07. The maximum absolute atomic E-state index is 10.4. The summed E-state index contributed by atoms with van der Waals surface area (Å²) < 4.78 is 0. The molecular weight excluding hydrogens is 188 g/mol. The molecule has 0 spiro atoms. The van der Waals surface area contributed by atoms with E-state index in [-0.39, 0.29) is 6.42 Å². The lowest BCUT2D eigenvalue weighted by atomic mass is 9.98. The maximum atomic E-state index is 10.4. The highest BCUT2D eigenvalue weighted by Gasteiger charge is 2.10. The minimum absolute atomic E-state index is 0.0400. The molecule has 1 N–H and O–H groups in total. The van der Waals surface area contributed by atoms with Crippen molar-refractivity contribution in [1.29, 1.82) is 0 Å². The van der Waals surface area contributed by atoms with Gasteiger partial charge in [-0.3, -0.25) is 11.7 Å². The van der Waals surface area contributed by atoms with Crippen LogP contribution in [0.5, 0.6) is 0 Å². The Morgan fingerprint density at radius 1 is 1.46 bits per heavy atom. The fourth-order valence-corrected chi connectivity index (χ4v) is 1.10. The highest BCUT2D eigenvalue weighted by atomic mass is 35.5. The van der Waals surface area contributed by atoms with E-state index >= 15 is 0 Å². The van der Waals surface area contributed by atoms with Crippen molar-refractivity contribution in [3.8, 4) is 0 Å². The number of rotatable bonds is 3. The number of carboxylic acids is 1. The Morgan fingerprint density at radius 2 is 2.00 bits per heavy atom. The molecule has 0 saturated heterocycles. The summed E-state index contributed by atoms with van der Waals surface area (Å²) in [6, 6.07) is 6.94. The zero-order valence-electron chi connectivity index (χ0n) is 6.96. The molecule has 0 aliphatic rings. The van der Waals surface area contributed by atoms with Gasteiger partial charge in [-0.15, -0.1) is 5.92 Å². The highest BCUT2D eigenvalue weighted by Crippen LogP contribution is 2.19. The summed E-state index contributed by atoms with van der Waals surface area (Å²) >= 11 is 5.68. The Morgan fingerprint density at radius 3 is 2.46 bits per heavy atom. The topological polar surface area (TPSA) is 37.3 Å². The zero-order valence-corrected chi connectivity index (χ0v) is 7.71. The molecule has 0 fully saturated rings. The molecule has 0 saturated carbocycles. The van der Waals surface area contributed by atoms with Gasteiger partial charge in [-0.05, 0) is 0 Å². The van der Waals surface area contributed by atoms with E-state index in [0.717, 1.165) is 5.56 Å². The van der Waals surface area contributed by atoms with Crippen molar-refractivity contribution in [2.45, 2.75) is 6.42 Å². The molecule has 1 rings (SSSR count). The van der Waals surface area contributed by atoms with Crippen molar-refractivity contribution in [2.24, 2.45) is 0 Å². The molecule has 0 aromatic heterocycles. The van der Waals surface area contributed by atoms with Crippen molar-refractivity contribution >= 4 is 17.6 Å². The smallest absolute Gasteiger partial charge is 0.317 e. The number of benzene rings is 1. The first kappa shape index (κ1) is 9.93. The van der Waals surface area contributed by atoms with Crippen LogP contribution in [0.15, 0.2) is 24.3 Å². The number of hydrogen-bond donors (Lipinski definition) is 1. The second-order valence-corrected chi connectivity index (χ2v) is 3.12. The fraction of sp³-hybridized carbons (Fsp3) is 0.100. The van der Waals surface area contributed by atoms with Gasteiger partial charge < -0.3 is 5.11 Å². The van der Waals surface area contributed by atoms with Gasteiger partial charge in [0.05, 0.1) is 11.4 Å². The van der Waals surface area contributed by atoms with Crippen LogP contribution in [0.25, 0.3) is 0 Å². The van der Waals surface area contributed by atoms with E-state index in [4.69, 9.17) is 16.7 Å². The van der Waals surface area contributed by atoms with Crippen LogP contribution in [0.1, 0.15) is 12.0 Å². The normalized spacial score (nSPS) is 9.69. The van der Waals surface area contributed by atoms with Crippen LogP contribution in [0, 0.1) is 12.8 Å². The van der Waals surface area contributed by atoms with Crippen LogP contribution in [0.3, 0.4) is 0 Å². The van der Waals surface area contributed by atoms with Crippen molar-refractivity contribution in [2.75, 3.05) is 0 Å². The fourth-order valence-electron chi connectivity index (χ4n) is 0.970. The third-order valence-corrected chi connectivity index (χ3v) is 1.87. The Labute approximate surface area is 82.2 Å². The van der Waals surface area contributed by atoms with Gasteiger partial charge in [-0.25, -0.2) is 0 Å². The molecule has 0 heterocycles. The first-order valence-corrected chi connectivity index (χ1v) is 4.13. The molecule has 3 heteroatoms.